The summed E-state index contributed by atoms with van der Waals surface area (Å²) < 4.78 is 12.4. The molecule has 7 nitrogen and oxygen atoms in total. The molecule has 4 rings (SSSR count). The van der Waals surface area contributed by atoms with Crippen LogP contribution in [0.4, 0.5) is 0 Å². The number of benzene rings is 2. The van der Waals surface area contributed by atoms with Crippen LogP contribution in [-0.2, 0) is 12.8 Å². The van der Waals surface area contributed by atoms with Crippen molar-refractivity contribution in [3.63, 3.8) is 0 Å². The number of aromatic nitrogens is 5. The molecule has 9 heteroatoms. The Hall–Kier alpha value is -2.84. The van der Waals surface area contributed by atoms with Gasteiger partial charge in [-0.05, 0) is 36.4 Å². The van der Waals surface area contributed by atoms with Crippen LogP contribution < -0.4 is 4.74 Å². The summed E-state index contributed by atoms with van der Waals surface area (Å²) >= 11 is 7.73. The van der Waals surface area contributed by atoms with E-state index in [4.69, 9.17) is 20.9 Å². The van der Waals surface area contributed by atoms with Gasteiger partial charge < -0.3 is 13.8 Å². The van der Waals surface area contributed by atoms with Crippen LogP contribution in [0.3, 0.4) is 0 Å². The lowest BCUT2D eigenvalue weighted by molar-refractivity contribution is 0.391. The van der Waals surface area contributed by atoms with Gasteiger partial charge in [0.15, 0.2) is 11.0 Å². The van der Waals surface area contributed by atoms with Crippen molar-refractivity contribution in [2.24, 2.45) is 7.05 Å². The van der Waals surface area contributed by atoms with Crippen molar-refractivity contribution >= 4 is 23.4 Å². The van der Waals surface area contributed by atoms with Crippen LogP contribution in [0.5, 0.6) is 5.75 Å². The SMILES string of the molecule is COc1ccc(-c2noc(CSc3nnc(-c4ccccc4Cl)n3C)n2)cc1. The molecule has 0 fully saturated rings. The molecule has 0 saturated carbocycles. The number of halogens is 1. The van der Waals surface area contributed by atoms with Gasteiger partial charge >= 0.3 is 0 Å². The number of nitrogens with zero attached hydrogens (tertiary/aromatic N) is 5. The Morgan fingerprint density at radius 3 is 2.64 bits per heavy atom. The standard InChI is InChI=1S/C19H16ClN5O2S/c1-25-18(14-5-3-4-6-15(14)20)22-23-19(25)28-11-16-21-17(24-27-16)12-7-9-13(26-2)10-8-12/h3-10H,11H2,1-2H3. The molecule has 0 aliphatic rings. The van der Waals surface area contributed by atoms with Crippen molar-refractivity contribution in [1.29, 1.82) is 0 Å². The first kappa shape index (κ1) is 18.5. The second-order valence-corrected chi connectivity index (χ2v) is 7.22. The van der Waals surface area contributed by atoms with Crippen LogP contribution in [0.1, 0.15) is 5.89 Å². The highest BCUT2D eigenvalue weighted by atomic mass is 35.5. The van der Waals surface area contributed by atoms with E-state index in [-0.39, 0.29) is 0 Å². The molecule has 0 aliphatic carbocycles. The first-order valence-electron chi connectivity index (χ1n) is 8.40. The van der Waals surface area contributed by atoms with Crippen LogP contribution >= 0.6 is 23.4 Å². The summed E-state index contributed by atoms with van der Waals surface area (Å²) in [6.45, 7) is 0. The number of hydrogen-bond donors (Lipinski definition) is 0. The van der Waals surface area contributed by atoms with Crippen molar-refractivity contribution in [2.45, 2.75) is 10.9 Å². The lowest BCUT2D eigenvalue weighted by Gasteiger charge is -2.04. The number of methoxy groups -OCH3 is 1. The molecule has 142 valence electrons. The second kappa shape index (κ2) is 8.04. The summed E-state index contributed by atoms with van der Waals surface area (Å²) in [5.74, 6) is 3.01. The summed E-state index contributed by atoms with van der Waals surface area (Å²) in [6, 6.07) is 15.0. The highest BCUT2D eigenvalue weighted by Crippen LogP contribution is 2.29. The average Bonchev–Trinajstić information content (AvgIpc) is 3.34. The Labute approximate surface area is 170 Å². The van der Waals surface area contributed by atoms with Crippen LogP contribution in [-0.4, -0.2) is 32.0 Å². The van der Waals surface area contributed by atoms with Crippen LogP contribution in [0, 0.1) is 0 Å². The molecular formula is C19H16ClN5O2S. The summed E-state index contributed by atoms with van der Waals surface area (Å²) in [6.07, 6.45) is 0. The quantitative estimate of drug-likeness (QED) is 0.431. The highest BCUT2D eigenvalue weighted by Gasteiger charge is 2.15. The summed E-state index contributed by atoms with van der Waals surface area (Å²) in [4.78, 5) is 4.44. The van der Waals surface area contributed by atoms with Crippen molar-refractivity contribution < 1.29 is 9.26 Å². The molecule has 2 heterocycles. The maximum absolute atomic E-state index is 6.26. The van der Waals surface area contributed by atoms with Crippen molar-refractivity contribution in [3.8, 4) is 28.5 Å². The van der Waals surface area contributed by atoms with E-state index in [1.807, 2.05) is 60.1 Å². The molecule has 0 atom stereocenters. The van der Waals surface area contributed by atoms with Gasteiger partial charge in [0.2, 0.25) is 11.7 Å². The van der Waals surface area contributed by atoms with E-state index >= 15 is 0 Å². The van der Waals surface area contributed by atoms with E-state index in [0.717, 1.165) is 22.0 Å². The third-order valence-electron chi connectivity index (χ3n) is 4.09. The zero-order valence-electron chi connectivity index (χ0n) is 15.2. The van der Waals surface area contributed by atoms with Gasteiger partial charge in [-0.2, -0.15) is 4.98 Å². The zero-order valence-corrected chi connectivity index (χ0v) is 16.7. The molecule has 0 unspecified atom stereocenters. The fourth-order valence-corrected chi connectivity index (χ4v) is 3.58. The lowest BCUT2D eigenvalue weighted by atomic mass is 10.2. The number of ether oxygens (including phenoxy) is 1. The highest BCUT2D eigenvalue weighted by molar-refractivity contribution is 7.98. The van der Waals surface area contributed by atoms with Gasteiger partial charge in [0, 0.05) is 18.2 Å². The molecule has 2 aromatic carbocycles. The molecule has 0 amide bonds. The minimum Gasteiger partial charge on any atom is -0.497 e. The number of rotatable bonds is 6. The molecule has 0 N–H and O–H groups in total. The van der Waals surface area contributed by atoms with E-state index in [2.05, 4.69) is 20.3 Å². The Morgan fingerprint density at radius 2 is 1.89 bits per heavy atom. The van der Waals surface area contributed by atoms with Gasteiger partial charge in [0.25, 0.3) is 0 Å². The van der Waals surface area contributed by atoms with Gasteiger partial charge in [-0.1, -0.05) is 40.7 Å². The first-order valence-corrected chi connectivity index (χ1v) is 9.76. The van der Waals surface area contributed by atoms with E-state index in [9.17, 15) is 0 Å². The maximum atomic E-state index is 6.26. The minimum atomic E-state index is 0.484. The normalized spacial score (nSPS) is 11.0. The molecule has 0 saturated heterocycles. The Bertz CT molecular complexity index is 1090. The second-order valence-electron chi connectivity index (χ2n) is 5.87. The van der Waals surface area contributed by atoms with Crippen LogP contribution in [0.15, 0.2) is 58.2 Å². The first-order chi connectivity index (χ1) is 13.7. The van der Waals surface area contributed by atoms with Gasteiger partial charge in [-0.3, -0.25) is 0 Å². The predicted octanol–water partition coefficient (Wildman–Crippen LogP) is 4.49. The Kier molecular flexibility index (Phi) is 5.31. The zero-order chi connectivity index (χ0) is 19.5. The monoisotopic (exact) mass is 413 g/mol. The van der Waals surface area contributed by atoms with E-state index < -0.39 is 0 Å². The van der Waals surface area contributed by atoms with Gasteiger partial charge in [-0.25, -0.2) is 0 Å². The molecule has 0 aliphatic heterocycles. The predicted molar refractivity (Wildman–Crippen MR) is 107 cm³/mol. The van der Waals surface area contributed by atoms with E-state index in [1.54, 1.807) is 7.11 Å². The number of hydrogen-bond acceptors (Lipinski definition) is 7. The van der Waals surface area contributed by atoms with Gasteiger partial charge in [0.1, 0.15) is 5.75 Å². The lowest BCUT2D eigenvalue weighted by Crippen LogP contribution is -1.95. The van der Waals surface area contributed by atoms with Crippen molar-refractivity contribution in [1.82, 2.24) is 24.9 Å². The molecule has 2 aromatic heterocycles. The van der Waals surface area contributed by atoms with Crippen molar-refractivity contribution in [2.75, 3.05) is 7.11 Å². The van der Waals surface area contributed by atoms with Crippen LogP contribution in [0.25, 0.3) is 22.8 Å². The van der Waals surface area contributed by atoms with Crippen LogP contribution in [0.2, 0.25) is 5.02 Å². The van der Waals surface area contributed by atoms with Gasteiger partial charge in [-0.15, -0.1) is 10.2 Å². The summed E-state index contributed by atoms with van der Waals surface area (Å²) in [5, 5.41) is 13.9. The molecule has 0 radical (unpaired) electrons. The largest absolute Gasteiger partial charge is 0.497 e. The summed E-state index contributed by atoms with van der Waals surface area (Å²) in [7, 11) is 3.53. The van der Waals surface area contributed by atoms with E-state index in [1.165, 1.54) is 11.8 Å². The molecule has 28 heavy (non-hydrogen) atoms. The Balaban J connectivity index is 1.47. The minimum absolute atomic E-state index is 0.484. The molecule has 4 aromatic rings. The number of thioether (sulfide) groups is 1. The van der Waals surface area contributed by atoms with Crippen molar-refractivity contribution in [3.05, 3.63) is 59.4 Å². The molecule has 0 bridgehead atoms. The molecule has 0 spiro atoms. The summed E-state index contributed by atoms with van der Waals surface area (Å²) in [5.41, 5.74) is 1.70. The van der Waals surface area contributed by atoms with E-state index in [0.29, 0.717) is 28.3 Å². The fraction of sp³-hybridized carbons (Fsp3) is 0.158. The average molecular weight is 414 g/mol. The third kappa shape index (κ3) is 3.74. The smallest absolute Gasteiger partial charge is 0.237 e. The third-order valence-corrected chi connectivity index (χ3v) is 5.43. The van der Waals surface area contributed by atoms with Gasteiger partial charge in [0.05, 0.1) is 17.9 Å². The Morgan fingerprint density at radius 1 is 1.11 bits per heavy atom. The topological polar surface area (TPSA) is 78.9 Å². The fourth-order valence-electron chi connectivity index (χ4n) is 2.61. The maximum Gasteiger partial charge on any atom is 0.237 e. The molecular weight excluding hydrogens is 398 g/mol.